The number of hydrogen-bond acceptors (Lipinski definition) is 5. The van der Waals surface area contributed by atoms with E-state index in [0.717, 1.165) is 18.5 Å². The largest absolute Gasteiger partial charge is 0.368 e. The normalized spacial score (nSPS) is 16.4. The molecule has 6 nitrogen and oxygen atoms in total. The summed E-state index contributed by atoms with van der Waals surface area (Å²) in [5.41, 5.74) is 6.31. The van der Waals surface area contributed by atoms with Crippen molar-refractivity contribution in [1.82, 2.24) is 15.3 Å². The van der Waals surface area contributed by atoms with Crippen molar-refractivity contribution in [2.45, 2.75) is 38.8 Å². The van der Waals surface area contributed by atoms with Gasteiger partial charge in [-0.2, -0.15) is 4.98 Å². The Morgan fingerprint density at radius 3 is 2.82 bits per heavy atom. The zero-order valence-electron chi connectivity index (χ0n) is 10.0. The minimum absolute atomic E-state index is 0.0117. The first kappa shape index (κ1) is 11.6. The first-order valence-electron chi connectivity index (χ1n) is 5.72. The lowest BCUT2D eigenvalue weighted by molar-refractivity contribution is -0.121. The van der Waals surface area contributed by atoms with Gasteiger partial charge in [0.2, 0.25) is 11.9 Å². The number of anilines is 2. The highest BCUT2D eigenvalue weighted by atomic mass is 16.2. The number of nitrogen functional groups attached to an aromatic ring is 1. The number of hydrogen-bond donors (Lipinski definition) is 3. The molecular formula is C11H17N5O. The maximum Gasteiger partial charge on any atom is 0.242 e. The zero-order chi connectivity index (χ0) is 12.4. The molecule has 0 bridgehead atoms. The van der Waals surface area contributed by atoms with E-state index in [9.17, 15) is 4.79 Å². The van der Waals surface area contributed by atoms with Gasteiger partial charge in [-0.1, -0.05) is 0 Å². The van der Waals surface area contributed by atoms with Crippen molar-refractivity contribution >= 4 is 17.7 Å². The molecule has 1 aliphatic rings. The SMILES string of the molecule is Cc1cc(NC(C)C(=O)NC2CC2)nc(N)n1. The van der Waals surface area contributed by atoms with E-state index >= 15 is 0 Å². The Morgan fingerprint density at radius 2 is 2.24 bits per heavy atom. The van der Waals surface area contributed by atoms with Gasteiger partial charge in [0, 0.05) is 17.8 Å². The molecule has 1 aliphatic carbocycles. The number of carbonyl (C=O) groups excluding carboxylic acids is 1. The van der Waals surface area contributed by atoms with Gasteiger partial charge in [-0.15, -0.1) is 0 Å². The van der Waals surface area contributed by atoms with Crippen LogP contribution in [0.1, 0.15) is 25.5 Å². The fourth-order valence-electron chi connectivity index (χ4n) is 1.51. The smallest absolute Gasteiger partial charge is 0.242 e. The van der Waals surface area contributed by atoms with E-state index in [1.807, 2.05) is 6.92 Å². The Morgan fingerprint density at radius 1 is 1.53 bits per heavy atom. The highest BCUT2D eigenvalue weighted by Gasteiger charge is 2.25. The molecule has 0 aromatic carbocycles. The van der Waals surface area contributed by atoms with Crippen LogP contribution in [0.3, 0.4) is 0 Å². The number of nitrogens with one attached hydrogen (secondary N) is 2. The Labute approximate surface area is 100 Å². The summed E-state index contributed by atoms with van der Waals surface area (Å²) in [6.07, 6.45) is 2.16. The number of carbonyl (C=O) groups is 1. The number of amides is 1. The van der Waals surface area contributed by atoms with Crippen LogP contribution in [0.25, 0.3) is 0 Å². The van der Waals surface area contributed by atoms with Gasteiger partial charge in [-0.3, -0.25) is 4.79 Å². The summed E-state index contributed by atoms with van der Waals surface area (Å²) in [6.45, 7) is 3.63. The molecule has 1 amide bonds. The minimum atomic E-state index is -0.329. The third kappa shape index (κ3) is 3.30. The van der Waals surface area contributed by atoms with E-state index in [4.69, 9.17) is 5.73 Å². The predicted octanol–water partition coefficient (Wildman–Crippen LogP) is 0.446. The molecule has 17 heavy (non-hydrogen) atoms. The molecule has 1 aromatic rings. The molecule has 6 heteroatoms. The molecule has 0 spiro atoms. The second-order valence-electron chi connectivity index (χ2n) is 4.40. The molecule has 0 aliphatic heterocycles. The third-order valence-corrected chi connectivity index (χ3v) is 2.55. The monoisotopic (exact) mass is 235 g/mol. The third-order valence-electron chi connectivity index (χ3n) is 2.55. The van der Waals surface area contributed by atoms with Crippen LogP contribution in [0.5, 0.6) is 0 Å². The van der Waals surface area contributed by atoms with Gasteiger partial charge in [0.05, 0.1) is 0 Å². The molecule has 1 aromatic heterocycles. The van der Waals surface area contributed by atoms with Crippen LogP contribution in [0, 0.1) is 6.92 Å². The molecular weight excluding hydrogens is 218 g/mol. The average Bonchev–Trinajstić information content (AvgIpc) is 2.99. The molecule has 1 saturated carbocycles. The van der Waals surface area contributed by atoms with Crippen LogP contribution < -0.4 is 16.4 Å². The van der Waals surface area contributed by atoms with Gasteiger partial charge >= 0.3 is 0 Å². The first-order chi connectivity index (χ1) is 8.04. The summed E-state index contributed by atoms with van der Waals surface area (Å²) >= 11 is 0. The van der Waals surface area contributed by atoms with Crippen LogP contribution in [0.4, 0.5) is 11.8 Å². The molecule has 0 saturated heterocycles. The summed E-state index contributed by atoms with van der Waals surface area (Å²) in [5.74, 6) is 0.776. The lowest BCUT2D eigenvalue weighted by Crippen LogP contribution is -2.38. The Balaban J connectivity index is 1.96. The lowest BCUT2D eigenvalue weighted by Gasteiger charge is -2.14. The summed E-state index contributed by atoms with van der Waals surface area (Å²) < 4.78 is 0. The quantitative estimate of drug-likeness (QED) is 0.704. The Hall–Kier alpha value is -1.85. The van der Waals surface area contributed by atoms with E-state index in [1.165, 1.54) is 0 Å². The van der Waals surface area contributed by atoms with Crippen LogP contribution >= 0.6 is 0 Å². The van der Waals surface area contributed by atoms with Crippen molar-refractivity contribution in [2.75, 3.05) is 11.1 Å². The van der Waals surface area contributed by atoms with Crippen molar-refractivity contribution < 1.29 is 4.79 Å². The number of nitrogens with two attached hydrogens (primary N) is 1. The second-order valence-corrected chi connectivity index (χ2v) is 4.40. The summed E-state index contributed by atoms with van der Waals surface area (Å²) in [5, 5.41) is 5.94. The molecule has 1 fully saturated rings. The standard InChI is InChI=1S/C11H17N5O/c1-6-5-9(16-11(12)13-6)14-7(2)10(17)15-8-3-4-8/h5,7-8H,3-4H2,1-2H3,(H,15,17)(H3,12,13,14,16). The second kappa shape index (κ2) is 4.57. The molecule has 4 N–H and O–H groups in total. The van der Waals surface area contributed by atoms with E-state index in [1.54, 1.807) is 13.0 Å². The predicted molar refractivity (Wildman–Crippen MR) is 65.4 cm³/mol. The fourth-order valence-corrected chi connectivity index (χ4v) is 1.51. The van der Waals surface area contributed by atoms with E-state index in [2.05, 4.69) is 20.6 Å². The van der Waals surface area contributed by atoms with Crippen molar-refractivity contribution in [3.8, 4) is 0 Å². The number of aromatic nitrogens is 2. The van der Waals surface area contributed by atoms with Gasteiger partial charge in [0.1, 0.15) is 11.9 Å². The average molecular weight is 235 g/mol. The molecule has 92 valence electrons. The molecule has 1 heterocycles. The van der Waals surface area contributed by atoms with Crippen LogP contribution in [0.2, 0.25) is 0 Å². The Kier molecular flexibility index (Phi) is 3.12. The van der Waals surface area contributed by atoms with E-state index < -0.39 is 0 Å². The minimum Gasteiger partial charge on any atom is -0.368 e. The van der Waals surface area contributed by atoms with Gasteiger partial charge in [-0.05, 0) is 26.7 Å². The number of nitrogens with zero attached hydrogens (tertiary/aromatic N) is 2. The zero-order valence-corrected chi connectivity index (χ0v) is 10.0. The summed E-state index contributed by atoms with van der Waals surface area (Å²) in [7, 11) is 0. The lowest BCUT2D eigenvalue weighted by atomic mass is 10.3. The molecule has 1 atom stereocenters. The van der Waals surface area contributed by atoms with Crippen LogP contribution in [-0.2, 0) is 4.79 Å². The number of aryl methyl sites for hydroxylation is 1. The van der Waals surface area contributed by atoms with Crippen molar-refractivity contribution in [3.05, 3.63) is 11.8 Å². The Bertz CT molecular complexity index is 410. The highest BCUT2D eigenvalue weighted by molar-refractivity contribution is 5.84. The van der Waals surface area contributed by atoms with Crippen molar-refractivity contribution in [2.24, 2.45) is 0 Å². The van der Waals surface area contributed by atoms with E-state index in [0.29, 0.717) is 11.9 Å². The first-order valence-corrected chi connectivity index (χ1v) is 5.72. The van der Waals surface area contributed by atoms with Crippen molar-refractivity contribution in [3.63, 3.8) is 0 Å². The van der Waals surface area contributed by atoms with E-state index in [-0.39, 0.29) is 17.9 Å². The van der Waals surface area contributed by atoms with Gasteiger partial charge < -0.3 is 16.4 Å². The maximum atomic E-state index is 11.7. The van der Waals surface area contributed by atoms with Gasteiger partial charge in [-0.25, -0.2) is 4.98 Å². The van der Waals surface area contributed by atoms with Gasteiger partial charge in [0.25, 0.3) is 0 Å². The molecule has 2 rings (SSSR count). The van der Waals surface area contributed by atoms with Gasteiger partial charge in [0.15, 0.2) is 0 Å². The fraction of sp³-hybridized carbons (Fsp3) is 0.545. The summed E-state index contributed by atoms with van der Waals surface area (Å²) in [4.78, 5) is 19.7. The number of rotatable bonds is 4. The molecule has 0 radical (unpaired) electrons. The van der Waals surface area contributed by atoms with Crippen LogP contribution in [-0.4, -0.2) is 28.0 Å². The maximum absolute atomic E-state index is 11.7. The van der Waals surface area contributed by atoms with Crippen molar-refractivity contribution in [1.29, 1.82) is 0 Å². The summed E-state index contributed by atoms with van der Waals surface area (Å²) in [6, 6.07) is 1.80. The topological polar surface area (TPSA) is 92.9 Å². The molecule has 1 unspecified atom stereocenters. The van der Waals surface area contributed by atoms with Crippen LogP contribution in [0.15, 0.2) is 6.07 Å². The highest BCUT2D eigenvalue weighted by Crippen LogP contribution is 2.19.